The van der Waals surface area contributed by atoms with Crippen LogP contribution >= 0.6 is 0 Å². The predicted octanol–water partition coefficient (Wildman–Crippen LogP) is 3.98. The first-order chi connectivity index (χ1) is 12.5. The average Bonchev–Trinajstić information content (AvgIpc) is 2.64. The predicted molar refractivity (Wildman–Crippen MR) is 104 cm³/mol. The fourth-order valence-corrected chi connectivity index (χ4v) is 2.93. The van der Waals surface area contributed by atoms with Crippen LogP contribution in [0.25, 0.3) is 10.9 Å². The first-order valence-electron chi connectivity index (χ1n) is 8.71. The van der Waals surface area contributed by atoms with E-state index in [2.05, 4.69) is 5.32 Å². The molecule has 0 fully saturated rings. The number of amides is 1. The quantitative estimate of drug-likeness (QED) is 0.757. The molecule has 1 aromatic heterocycles. The lowest BCUT2D eigenvalue weighted by molar-refractivity contribution is 0.102. The van der Waals surface area contributed by atoms with Crippen LogP contribution in [-0.2, 0) is 6.54 Å². The molecule has 1 amide bonds. The largest absolute Gasteiger partial charge is 0.494 e. The second-order valence-electron chi connectivity index (χ2n) is 6.09. The summed E-state index contributed by atoms with van der Waals surface area (Å²) < 4.78 is 7.31. The van der Waals surface area contributed by atoms with Gasteiger partial charge in [0.15, 0.2) is 0 Å². The third kappa shape index (κ3) is 3.47. The summed E-state index contributed by atoms with van der Waals surface area (Å²) in [6, 6.07) is 12.8. The van der Waals surface area contributed by atoms with Gasteiger partial charge in [-0.15, -0.1) is 0 Å². The minimum absolute atomic E-state index is 0.138. The molecule has 1 heterocycles. The molecule has 3 aromatic rings. The standard InChI is InChI=1S/C21H22N2O3/c1-4-23-13-18(20(24)17-12-14(3)6-11-19(17)23)21(25)22-15-7-9-16(10-8-15)26-5-2/h6-13H,4-5H2,1-3H3,(H,22,25). The number of carbonyl (C=O) groups excluding carboxylic acids is 1. The van der Waals surface area contributed by atoms with Crippen LogP contribution in [0.1, 0.15) is 29.8 Å². The summed E-state index contributed by atoms with van der Waals surface area (Å²) in [4.78, 5) is 25.5. The van der Waals surface area contributed by atoms with Crippen LogP contribution in [0.5, 0.6) is 5.75 Å². The van der Waals surface area contributed by atoms with E-state index in [1.165, 1.54) is 0 Å². The Hall–Kier alpha value is -3.08. The van der Waals surface area contributed by atoms with E-state index in [1.807, 2.05) is 43.5 Å². The zero-order valence-electron chi connectivity index (χ0n) is 15.2. The summed E-state index contributed by atoms with van der Waals surface area (Å²) >= 11 is 0. The number of carbonyl (C=O) groups is 1. The van der Waals surface area contributed by atoms with E-state index in [0.717, 1.165) is 16.8 Å². The van der Waals surface area contributed by atoms with Crippen molar-refractivity contribution in [2.45, 2.75) is 27.3 Å². The zero-order valence-corrected chi connectivity index (χ0v) is 15.2. The van der Waals surface area contributed by atoms with Crippen molar-refractivity contribution in [1.82, 2.24) is 4.57 Å². The number of anilines is 1. The molecule has 0 aliphatic rings. The van der Waals surface area contributed by atoms with Gasteiger partial charge in [0.05, 0.1) is 12.1 Å². The molecule has 0 atom stereocenters. The number of rotatable bonds is 5. The normalized spacial score (nSPS) is 10.7. The molecule has 0 radical (unpaired) electrons. The van der Waals surface area contributed by atoms with Crippen LogP contribution in [0, 0.1) is 6.92 Å². The van der Waals surface area contributed by atoms with Crippen molar-refractivity contribution in [3.63, 3.8) is 0 Å². The minimum atomic E-state index is -0.412. The first-order valence-corrected chi connectivity index (χ1v) is 8.71. The third-order valence-corrected chi connectivity index (χ3v) is 4.24. The second kappa shape index (κ2) is 7.44. The number of nitrogens with zero attached hydrogens (tertiary/aromatic N) is 1. The van der Waals surface area contributed by atoms with Crippen molar-refractivity contribution in [1.29, 1.82) is 0 Å². The first kappa shape index (κ1) is 17.7. The Morgan fingerprint density at radius 3 is 2.50 bits per heavy atom. The Balaban J connectivity index is 1.97. The summed E-state index contributed by atoms with van der Waals surface area (Å²) in [5, 5.41) is 3.35. The topological polar surface area (TPSA) is 60.3 Å². The Kier molecular flexibility index (Phi) is 5.07. The number of pyridine rings is 1. The molecule has 0 bridgehead atoms. The molecule has 5 nitrogen and oxygen atoms in total. The van der Waals surface area contributed by atoms with Crippen molar-refractivity contribution in [3.8, 4) is 5.75 Å². The van der Waals surface area contributed by atoms with Gasteiger partial charge in [-0.05, 0) is 57.2 Å². The fourth-order valence-electron chi connectivity index (χ4n) is 2.93. The average molecular weight is 350 g/mol. The SMILES string of the molecule is CCOc1ccc(NC(=O)c2cn(CC)c3ccc(C)cc3c2=O)cc1. The van der Waals surface area contributed by atoms with Gasteiger partial charge in [-0.2, -0.15) is 0 Å². The number of hydrogen-bond donors (Lipinski definition) is 1. The van der Waals surface area contributed by atoms with E-state index in [4.69, 9.17) is 4.74 Å². The molecule has 3 rings (SSSR count). The molecular weight excluding hydrogens is 328 g/mol. The van der Waals surface area contributed by atoms with Crippen LogP contribution in [0.15, 0.2) is 53.5 Å². The van der Waals surface area contributed by atoms with Gasteiger partial charge >= 0.3 is 0 Å². The zero-order chi connectivity index (χ0) is 18.7. The minimum Gasteiger partial charge on any atom is -0.494 e. The van der Waals surface area contributed by atoms with Crippen LogP contribution < -0.4 is 15.5 Å². The van der Waals surface area contributed by atoms with Crippen molar-refractivity contribution >= 4 is 22.5 Å². The van der Waals surface area contributed by atoms with Crippen molar-refractivity contribution < 1.29 is 9.53 Å². The Morgan fingerprint density at radius 2 is 1.85 bits per heavy atom. The van der Waals surface area contributed by atoms with Gasteiger partial charge in [0.25, 0.3) is 5.91 Å². The summed E-state index contributed by atoms with van der Waals surface area (Å²) in [5.41, 5.74) is 2.32. The van der Waals surface area contributed by atoms with Crippen LogP contribution in [0.4, 0.5) is 5.69 Å². The molecule has 0 aliphatic heterocycles. The lowest BCUT2D eigenvalue weighted by Crippen LogP contribution is -2.24. The van der Waals surface area contributed by atoms with Crippen molar-refractivity contribution in [3.05, 3.63) is 70.0 Å². The Morgan fingerprint density at radius 1 is 1.12 bits per heavy atom. The van der Waals surface area contributed by atoms with Crippen molar-refractivity contribution in [2.75, 3.05) is 11.9 Å². The molecule has 1 N–H and O–H groups in total. The maximum Gasteiger partial charge on any atom is 0.261 e. The van der Waals surface area contributed by atoms with E-state index in [0.29, 0.717) is 24.2 Å². The number of fused-ring (bicyclic) bond motifs is 1. The number of nitrogens with one attached hydrogen (secondary N) is 1. The van der Waals surface area contributed by atoms with Crippen LogP contribution in [0.2, 0.25) is 0 Å². The molecular formula is C21H22N2O3. The molecule has 134 valence electrons. The maximum atomic E-state index is 12.8. The second-order valence-corrected chi connectivity index (χ2v) is 6.09. The summed E-state index contributed by atoms with van der Waals surface area (Å²) in [7, 11) is 0. The summed E-state index contributed by atoms with van der Waals surface area (Å²) in [6.45, 7) is 7.08. The highest BCUT2D eigenvalue weighted by atomic mass is 16.5. The van der Waals surface area contributed by atoms with E-state index >= 15 is 0 Å². The number of ether oxygens (including phenoxy) is 1. The van der Waals surface area contributed by atoms with Gasteiger partial charge in [0.1, 0.15) is 11.3 Å². The number of aryl methyl sites for hydroxylation is 2. The number of aromatic nitrogens is 1. The molecule has 0 unspecified atom stereocenters. The molecule has 0 spiro atoms. The highest BCUT2D eigenvalue weighted by Crippen LogP contribution is 2.18. The molecule has 0 saturated carbocycles. The highest BCUT2D eigenvalue weighted by molar-refractivity contribution is 6.05. The van der Waals surface area contributed by atoms with E-state index < -0.39 is 5.91 Å². The van der Waals surface area contributed by atoms with E-state index in [9.17, 15) is 9.59 Å². The molecule has 26 heavy (non-hydrogen) atoms. The Bertz CT molecular complexity index is 1000. The third-order valence-electron chi connectivity index (χ3n) is 4.24. The van der Waals surface area contributed by atoms with Crippen LogP contribution in [-0.4, -0.2) is 17.1 Å². The van der Waals surface area contributed by atoms with E-state index in [-0.39, 0.29) is 11.0 Å². The van der Waals surface area contributed by atoms with E-state index in [1.54, 1.807) is 30.5 Å². The molecule has 0 aliphatic carbocycles. The summed E-state index contributed by atoms with van der Waals surface area (Å²) in [5.74, 6) is 0.324. The van der Waals surface area contributed by atoms with Gasteiger partial charge in [0, 0.05) is 23.8 Å². The van der Waals surface area contributed by atoms with Gasteiger partial charge in [-0.25, -0.2) is 0 Å². The number of hydrogen-bond acceptors (Lipinski definition) is 3. The van der Waals surface area contributed by atoms with Crippen molar-refractivity contribution in [2.24, 2.45) is 0 Å². The number of benzene rings is 2. The smallest absolute Gasteiger partial charge is 0.261 e. The monoisotopic (exact) mass is 350 g/mol. The Labute approximate surface area is 152 Å². The highest BCUT2D eigenvalue weighted by Gasteiger charge is 2.15. The van der Waals surface area contributed by atoms with Gasteiger partial charge in [-0.1, -0.05) is 11.6 Å². The molecule has 5 heteroatoms. The summed E-state index contributed by atoms with van der Waals surface area (Å²) in [6.07, 6.45) is 1.63. The van der Waals surface area contributed by atoms with Crippen LogP contribution in [0.3, 0.4) is 0 Å². The molecule has 0 saturated heterocycles. The lowest BCUT2D eigenvalue weighted by Gasteiger charge is -2.12. The molecule has 2 aromatic carbocycles. The maximum absolute atomic E-state index is 12.8. The van der Waals surface area contributed by atoms with Gasteiger partial charge < -0.3 is 14.6 Å². The fraction of sp³-hybridized carbons (Fsp3) is 0.238. The lowest BCUT2D eigenvalue weighted by atomic mass is 10.1. The van der Waals surface area contributed by atoms with Gasteiger partial charge in [0.2, 0.25) is 5.43 Å². The van der Waals surface area contributed by atoms with Gasteiger partial charge in [-0.3, -0.25) is 9.59 Å².